The predicted octanol–water partition coefficient (Wildman–Crippen LogP) is 0.379. The summed E-state index contributed by atoms with van der Waals surface area (Å²) in [6.07, 6.45) is -4.16. The van der Waals surface area contributed by atoms with Crippen LogP contribution in [-0.2, 0) is 44.5 Å². The molecule has 45 heavy (non-hydrogen) atoms. The SMILES string of the molecule is C=CCOC(=O)C1O[C@@H](OC(=O)C2C[C@@H]3CCC[C@@H]3N2C(=O)[C@H](C)N[C@@H](CCc2ccccc2)C(=O)OCC)[C@H](O)C(O)[C@H]1O. The molecule has 0 radical (unpaired) electrons. The average molecular weight is 633 g/mol. The Bertz CT molecular complexity index is 1200. The molecule has 13 nitrogen and oxygen atoms in total. The van der Waals surface area contributed by atoms with Crippen LogP contribution in [0.1, 0.15) is 51.5 Å². The molecule has 0 spiro atoms. The number of amides is 1. The first-order chi connectivity index (χ1) is 21.6. The molecule has 0 bridgehead atoms. The van der Waals surface area contributed by atoms with Gasteiger partial charge in [0.25, 0.3) is 0 Å². The zero-order valence-electron chi connectivity index (χ0n) is 25.7. The molecule has 1 aromatic rings. The number of esters is 3. The van der Waals surface area contributed by atoms with E-state index in [1.807, 2.05) is 30.3 Å². The second-order valence-electron chi connectivity index (χ2n) is 11.7. The Hall–Kier alpha value is -3.36. The molecule has 3 fully saturated rings. The van der Waals surface area contributed by atoms with E-state index in [-0.39, 0.29) is 25.2 Å². The van der Waals surface area contributed by atoms with Crippen LogP contribution < -0.4 is 5.32 Å². The molecule has 248 valence electrons. The van der Waals surface area contributed by atoms with Gasteiger partial charge in [0, 0.05) is 6.04 Å². The van der Waals surface area contributed by atoms with Gasteiger partial charge in [-0.3, -0.25) is 14.9 Å². The van der Waals surface area contributed by atoms with Gasteiger partial charge in [-0.15, -0.1) is 0 Å². The van der Waals surface area contributed by atoms with Crippen LogP contribution in [0.5, 0.6) is 0 Å². The number of rotatable bonds is 13. The standard InChI is InChI=1S/C32H44N2O11/c1-4-16-43-31(41)27-25(36)24(35)26(37)32(44-27)45-30(40)23-17-20-12-9-13-22(20)34(23)28(38)18(3)33-21(29(39)42-5-2)15-14-19-10-7-6-8-11-19/h4,6-8,10-11,18,20-27,32-33,35-37H,1,5,9,12-17H2,2-3H3/t18-,20-,21-,22-,23?,24?,25+,26+,27?,32-/m0/s1. The summed E-state index contributed by atoms with van der Waals surface area (Å²) in [5, 5.41) is 34.3. The van der Waals surface area contributed by atoms with Crippen LogP contribution >= 0.6 is 0 Å². The van der Waals surface area contributed by atoms with Crippen molar-refractivity contribution in [3.05, 3.63) is 48.6 Å². The summed E-state index contributed by atoms with van der Waals surface area (Å²) in [6, 6.07) is 6.75. The monoisotopic (exact) mass is 632 g/mol. The van der Waals surface area contributed by atoms with E-state index in [9.17, 15) is 34.5 Å². The molecule has 3 unspecified atom stereocenters. The molecule has 1 aliphatic carbocycles. The summed E-state index contributed by atoms with van der Waals surface area (Å²) < 4.78 is 21.0. The first-order valence-corrected chi connectivity index (χ1v) is 15.5. The third kappa shape index (κ3) is 8.08. The predicted molar refractivity (Wildman–Crippen MR) is 158 cm³/mol. The number of hydrogen-bond donors (Lipinski definition) is 4. The normalized spacial score (nSPS) is 30.6. The van der Waals surface area contributed by atoms with E-state index in [1.54, 1.807) is 13.8 Å². The van der Waals surface area contributed by atoms with Crippen LogP contribution in [0.15, 0.2) is 43.0 Å². The number of ether oxygens (including phenoxy) is 4. The highest BCUT2D eigenvalue weighted by atomic mass is 16.7. The van der Waals surface area contributed by atoms with Crippen molar-refractivity contribution < 1.29 is 53.4 Å². The number of hydrogen-bond acceptors (Lipinski definition) is 12. The number of aliphatic hydroxyl groups excluding tert-OH is 3. The highest BCUT2D eigenvalue weighted by molar-refractivity contribution is 5.89. The summed E-state index contributed by atoms with van der Waals surface area (Å²) >= 11 is 0. The fourth-order valence-corrected chi connectivity index (χ4v) is 6.44. The summed E-state index contributed by atoms with van der Waals surface area (Å²) in [5.41, 5.74) is 1.03. The minimum atomic E-state index is -1.88. The summed E-state index contributed by atoms with van der Waals surface area (Å²) in [5.74, 6) is -2.75. The first kappa shape index (κ1) is 34.5. The first-order valence-electron chi connectivity index (χ1n) is 15.5. The Balaban J connectivity index is 1.47. The van der Waals surface area contributed by atoms with Gasteiger partial charge < -0.3 is 39.2 Å². The number of carbonyl (C=O) groups is 4. The second kappa shape index (κ2) is 15.8. The number of aryl methyl sites for hydroxylation is 1. The Kier molecular flexibility index (Phi) is 12.1. The van der Waals surface area contributed by atoms with Crippen molar-refractivity contribution in [2.75, 3.05) is 13.2 Å². The third-order valence-electron chi connectivity index (χ3n) is 8.70. The van der Waals surface area contributed by atoms with Crippen molar-refractivity contribution >= 4 is 23.8 Å². The van der Waals surface area contributed by atoms with Crippen molar-refractivity contribution in [3.63, 3.8) is 0 Å². The van der Waals surface area contributed by atoms with Crippen LogP contribution in [0.2, 0.25) is 0 Å². The van der Waals surface area contributed by atoms with E-state index < -0.39 is 72.6 Å². The van der Waals surface area contributed by atoms with Gasteiger partial charge in [0.15, 0.2) is 6.10 Å². The van der Waals surface area contributed by atoms with Crippen LogP contribution in [-0.4, -0.2) is 112 Å². The fraction of sp³-hybridized carbons (Fsp3) is 0.625. The maximum absolute atomic E-state index is 14.0. The summed E-state index contributed by atoms with van der Waals surface area (Å²) in [6.45, 7) is 6.77. The maximum atomic E-state index is 14.0. The lowest BCUT2D eigenvalue weighted by Crippen LogP contribution is -2.61. The number of benzene rings is 1. The van der Waals surface area contributed by atoms with E-state index >= 15 is 0 Å². The molecule has 10 atom stereocenters. The number of nitrogens with one attached hydrogen (secondary N) is 1. The minimum Gasteiger partial charge on any atom is -0.465 e. The number of aliphatic hydroxyl groups is 3. The van der Waals surface area contributed by atoms with Gasteiger partial charge in [0.2, 0.25) is 12.2 Å². The number of fused-ring (bicyclic) bond motifs is 1. The van der Waals surface area contributed by atoms with Gasteiger partial charge in [0.1, 0.15) is 37.0 Å². The molecule has 4 rings (SSSR count). The highest BCUT2D eigenvalue weighted by Crippen LogP contribution is 2.42. The molecule has 2 aliphatic heterocycles. The van der Waals surface area contributed by atoms with E-state index in [1.165, 1.54) is 11.0 Å². The lowest BCUT2D eigenvalue weighted by Gasteiger charge is -2.39. The zero-order chi connectivity index (χ0) is 32.7. The van der Waals surface area contributed by atoms with E-state index in [4.69, 9.17) is 18.9 Å². The smallest absolute Gasteiger partial charge is 0.338 e. The van der Waals surface area contributed by atoms with Crippen LogP contribution in [0.4, 0.5) is 0 Å². The average Bonchev–Trinajstić information content (AvgIpc) is 3.64. The van der Waals surface area contributed by atoms with Crippen molar-refractivity contribution in [1.82, 2.24) is 10.2 Å². The molecule has 2 heterocycles. The molecule has 1 saturated carbocycles. The molecule has 4 N–H and O–H groups in total. The largest absolute Gasteiger partial charge is 0.465 e. The van der Waals surface area contributed by atoms with Crippen molar-refractivity contribution in [2.45, 2.75) is 107 Å². The fourth-order valence-electron chi connectivity index (χ4n) is 6.44. The van der Waals surface area contributed by atoms with E-state index in [2.05, 4.69) is 11.9 Å². The van der Waals surface area contributed by atoms with Crippen LogP contribution in [0.25, 0.3) is 0 Å². The van der Waals surface area contributed by atoms with Gasteiger partial charge in [-0.1, -0.05) is 49.4 Å². The molecule has 1 amide bonds. The van der Waals surface area contributed by atoms with Gasteiger partial charge >= 0.3 is 17.9 Å². The summed E-state index contributed by atoms with van der Waals surface area (Å²) in [4.78, 5) is 54.2. The molecule has 1 aromatic carbocycles. The molecular weight excluding hydrogens is 588 g/mol. The second-order valence-corrected chi connectivity index (χ2v) is 11.7. The Labute approximate surface area is 262 Å². The molecule has 3 aliphatic rings. The van der Waals surface area contributed by atoms with Crippen molar-refractivity contribution in [3.8, 4) is 0 Å². The third-order valence-corrected chi connectivity index (χ3v) is 8.70. The quantitative estimate of drug-likeness (QED) is 0.134. The Morgan fingerprint density at radius 2 is 1.80 bits per heavy atom. The van der Waals surface area contributed by atoms with Gasteiger partial charge in [-0.2, -0.15) is 0 Å². The lowest BCUT2D eigenvalue weighted by atomic mass is 9.99. The molecule has 13 heteroatoms. The topological polar surface area (TPSA) is 181 Å². The van der Waals surface area contributed by atoms with E-state index in [0.717, 1.165) is 18.4 Å². The van der Waals surface area contributed by atoms with Gasteiger partial charge in [-0.25, -0.2) is 9.59 Å². The van der Waals surface area contributed by atoms with E-state index in [0.29, 0.717) is 25.7 Å². The number of nitrogens with zero attached hydrogens (tertiary/aromatic N) is 1. The van der Waals surface area contributed by atoms with Gasteiger partial charge in [0.05, 0.1) is 12.6 Å². The number of carbonyl (C=O) groups excluding carboxylic acids is 4. The number of likely N-dealkylation sites (tertiary alicyclic amines) is 1. The Morgan fingerprint density at radius 1 is 1.07 bits per heavy atom. The highest BCUT2D eigenvalue weighted by Gasteiger charge is 2.53. The van der Waals surface area contributed by atoms with Gasteiger partial charge in [-0.05, 0) is 57.4 Å². The minimum absolute atomic E-state index is 0.0453. The molecular formula is C32H44N2O11. The van der Waals surface area contributed by atoms with Crippen molar-refractivity contribution in [1.29, 1.82) is 0 Å². The zero-order valence-corrected chi connectivity index (χ0v) is 25.7. The Morgan fingerprint density at radius 3 is 2.49 bits per heavy atom. The lowest BCUT2D eigenvalue weighted by molar-refractivity contribution is -0.288. The summed E-state index contributed by atoms with van der Waals surface area (Å²) in [7, 11) is 0. The molecule has 2 saturated heterocycles. The van der Waals surface area contributed by atoms with Crippen LogP contribution in [0, 0.1) is 5.92 Å². The van der Waals surface area contributed by atoms with Crippen LogP contribution in [0.3, 0.4) is 0 Å². The van der Waals surface area contributed by atoms with Crippen molar-refractivity contribution in [2.24, 2.45) is 5.92 Å². The maximum Gasteiger partial charge on any atom is 0.338 e. The molecule has 0 aromatic heterocycles.